The molecule has 6 nitrogen and oxygen atoms in total. The van der Waals surface area contributed by atoms with Gasteiger partial charge in [-0.25, -0.2) is 0 Å². The lowest BCUT2D eigenvalue weighted by atomic mass is 10.00. The van der Waals surface area contributed by atoms with E-state index in [0.29, 0.717) is 23.7 Å². The summed E-state index contributed by atoms with van der Waals surface area (Å²) in [6, 6.07) is 3.23. The molecule has 2 amide bonds. The summed E-state index contributed by atoms with van der Waals surface area (Å²) in [5.41, 5.74) is 0.825. The molecule has 2 heterocycles. The Balaban J connectivity index is 2.01. The van der Waals surface area contributed by atoms with Gasteiger partial charge in [-0.15, -0.1) is 0 Å². The van der Waals surface area contributed by atoms with E-state index in [9.17, 15) is 9.59 Å². The molecule has 1 atom stereocenters. The molecule has 0 bridgehead atoms. The first-order valence-electron chi connectivity index (χ1n) is 8.15. The molecule has 0 saturated carbocycles. The third kappa shape index (κ3) is 5.03. The number of piperidine rings is 1. The summed E-state index contributed by atoms with van der Waals surface area (Å²) in [4.78, 5) is 32.7. The lowest BCUT2D eigenvalue weighted by Gasteiger charge is -2.30. The van der Waals surface area contributed by atoms with Crippen molar-refractivity contribution in [1.29, 1.82) is 0 Å². The second kappa shape index (κ2) is 8.06. The zero-order valence-electron chi connectivity index (χ0n) is 14.2. The number of hydrogen-bond donors (Lipinski definition) is 1. The first-order valence-corrected chi connectivity index (χ1v) is 8.15. The van der Waals surface area contributed by atoms with E-state index in [1.54, 1.807) is 12.1 Å². The Bertz CT molecular complexity index is 559. The number of likely N-dealkylation sites (tertiary alicyclic amines) is 1. The summed E-state index contributed by atoms with van der Waals surface area (Å²) >= 11 is 0. The summed E-state index contributed by atoms with van der Waals surface area (Å²) in [7, 11) is 3.91. The van der Waals surface area contributed by atoms with Gasteiger partial charge in [0.25, 0.3) is 11.8 Å². The van der Waals surface area contributed by atoms with E-state index >= 15 is 0 Å². The topological polar surface area (TPSA) is 65.5 Å². The summed E-state index contributed by atoms with van der Waals surface area (Å²) in [5.74, 6) is 0.264. The molecule has 0 aromatic carbocycles. The lowest BCUT2D eigenvalue weighted by molar-refractivity contribution is 0.0677. The molecule has 1 aromatic rings. The Hall–Kier alpha value is -1.95. The minimum absolute atomic E-state index is 0.0838. The normalized spacial score (nSPS) is 18.1. The minimum atomic E-state index is -0.171. The van der Waals surface area contributed by atoms with Crippen LogP contribution >= 0.6 is 0 Å². The van der Waals surface area contributed by atoms with Crippen molar-refractivity contribution >= 4 is 11.8 Å². The van der Waals surface area contributed by atoms with E-state index < -0.39 is 0 Å². The monoisotopic (exact) mass is 318 g/mol. The third-order valence-electron chi connectivity index (χ3n) is 4.03. The molecule has 1 aliphatic rings. The number of amides is 2. The van der Waals surface area contributed by atoms with Crippen LogP contribution in [0, 0.1) is 5.92 Å². The van der Waals surface area contributed by atoms with Crippen molar-refractivity contribution in [1.82, 2.24) is 20.1 Å². The van der Waals surface area contributed by atoms with Crippen molar-refractivity contribution in [3.8, 4) is 0 Å². The molecule has 23 heavy (non-hydrogen) atoms. The van der Waals surface area contributed by atoms with Crippen molar-refractivity contribution in [2.75, 3.05) is 40.3 Å². The predicted molar refractivity (Wildman–Crippen MR) is 89.4 cm³/mol. The third-order valence-corrected chi connectivity index (χ3v) is 4.03. The molecule has 1 unspecified atom stereocenters. The average molecular weight is 318 g/mol. The number of carbonyl (C=O) groups excluding carboxylic acids is 2. The fourth-order valence-electron chi connectivity index (χ4n) is 2.72. The molecule has 1 saturated heterocycles. The van der Waals surface area contributed by atoms with Gasteiger partial charge in [0.1, 0.15) is 5.69 Å². The molecule has 1 aromatic heterocycles. The second-order valence-corrected chi connectivity index (χ2v) is 6.49. The standard InChI is InChI=1S/C17H26N4O2/c1-13-5-4-9-21(12-13)17(23)15-11-14(6-7-18-15)16(22)19-8-10-20(2)3/h6-7,11,13H,4-5,8-10,12H2,1-3H3,(H,19,22). The van der Waals surface area contributed by atoms with Gasteiger partial charge in [0.2, 0.25) is 0 Å². The molecular weight excluding hydrogens is 292 g/mol. The summed E-state index contributed by atoms with van der Waals surface area (Å²) < 4.78 is 0. The molecule has 1 N–H and O–H groups in total. The van der Waals surface area contributed by atoms with Crippen LogP contribution in [0.25, 0.3) is 0 Å². The van der Waals surface area contributed by atoms with Gasteiger partial charge in [0.15, 0.2) is 0 Å². The van der Waals surface area contributed by atoms with E-state index in [0.717, 1.165) is 32.5 Å². The van der Waals surface area contributed by atoms with Crippen molar-refractivity contribution < 1.29 is 9.59 Å². The van der Waals surface area contributed by atoms with Crippen LogP contribution in [0.15, 0.2) is 18.3 Å². The highest BCUT2D eigenvalue weighted by atomic mass is 16.2. The van der Waals surface area contributed by atoms with E-state index in [2.05, 4.69) is 17.2 Å². The van der Waals surface area contributed by atoms with Crippen LogP contribution in [-0.4, -0.2) is 66.9 Å². The Morgan fingerprint density at radius 2 is 2.22 bits per heavy atom. The molecule has 6 heteroatoms. The fourth-order valence-corrected chi connectivity index (χ4v) is 2.72. The predicted octanol–water partition coefficient (Wildman–Crippen LogP) is 1.25. The number of nitrogens with one attached hydrogen (secondary N) is 1. The zero-order chi connectivity index (χ0) is 16.8. The quantitative estimate of drug-likeness (QED) is 0.887. The average Bonchev–Trinajstić information content (AvgIpc) is 2.54. The Morgan fingerprint density at radius 1 is 1.43 bits per heavy atom. The highest BCUT2D eigenvalue weighted by Crippen LogP contribution is 2.17. The Morgan fingerprint density at radius 3 is 2.91 bits per heavy atom. The van der Waals surface area contributed by atoms with Gasteiger partial charge in [-0.05, 0) is 45.0 Å². The van der Waals surface area contributed by atoms with Crippen molar-refractivity contribution in [2.24, 2.45) is 5.92 Å². The Kier molecular flexibility index (Phi) is 6.10. The molecule has 2 rings (SSSR count). The van der Waals surface area contributed by atoms with Gasteiger partial charge >= 0.3 is 0 Å². The second-order valence-electron chi connectivity index (χ2n) is 6.49. The smallest absolute Gasteiger partial charge is 0.272 e. The van der Waals surface area contributed by atoms with Gasteiger partial charge in [-0.1, -0.05) is 6.92 Å². The molecule has 126 valence electrons. The molecule has 0 radical (unpaired) electrons. The van der Waals surface area contributed by atoms with E-state index in [-0.39, 0.29) is 11.8 Å². The molecular formula is C17H26N4O2. The van der Waals surface area contributed by atoms with Gasteiger partial charge in [0.05, 0.1) is 0 Å². The number of aromatic nitrogens is 1. The summed E-state index contributed by atoms with van der Waals surface area (Å²) in [5, 5.41) is 2.85. The fraction of sp³-hybridized carbons (Fsp3) is 0.588. The van der Waals surface area contributed by atoms with E-state index in [1.807, 2.05) is 23.9 Å². The van der Waals surface area contributed by atoms with Crippen molar-refractivity contribution in [3.05, 3.63) is 29.6 Å². The van der Waals surface area contributed by atoms with E-state index in [1.165, 1.54) is 6.20 Å². The van der Waals surface area contributed by atoms with Crippen LogP contribution in [0.4, 0.5) is 0 Å². The maximum absolute atomic E-state index is 12.5. The van der Waals surface area contributed by atoms with Gasteiger partial charge in [0, 0.05) is 37.9 Å². The maximum Gasteiger partial charge on any atom is 0.272 e. The molecule has 0 aliphatic carbocycles. The zero-order valence-corrected chi connectivity index (χ0v) is 14.2. The van der Waals surface area contributed by atoms with Crippen LogP contribution in [0.3, 0.4) is 0 Å². The summed E-state index contributed by atoms with van der Waals surface area (Å²) in [6.07, 6.45) is 3.71. The number of likely N-dealkylation sites (N-methyl/N-ethyl adjacent to an activating group) is 1. The minimum Gasteiger partial charge on any atom is -0.351 e. The highest BCUT2D eigenvalue weighted by Gasteiger charge is 2.23. The van der Waals surface area contributed by atoms with Gasteiger partial charge < -0.3 is 15.1 Å². The van der Waals surface area contributed by atoms with Crippen molar-refractivity contribution in [2.45, 2.75) is 19.8 Å². The van der Waals surface area contributed by atoms with Crippen molar-refractivity contribution in [3.63, 3.8) is 0 Å². The van der Waals surface area contributed by atoms with Crippen LogP contribution in [0.2, 0.25) is 0 Å². The summed E-state index contributed by atoms with van der Waals surface area (Å²) in [6.45, 7) is 5.03. The number of nitrogens with zero attached hydrogens (tertiary/aromatic N) is 3. The number of pyridine rings is 1. The first kappa shape index (κ1) is 17.4. The van der Waals surface area contributed by atoms with Crippen LogP contribution < -0.4 is 5.32 Å². The molecule has 1 aliphatic heterocycles. The largest absolute Gasteiger partial charge is 0.351 e. The van der Waals surface area contributed by atoms with Crippen LogP contribution in [0.5, 0.6) is 0 Å². The SMILES string of the molecule is CC1CCCN(C(=O)c2cc(C(=O)NCCN(C)C)ccn2)C1. The number of rotatable bonds is 5. The number of carbonyl (C=O) groups is 2. The van der Waals surface area contributed by atoms with Crippen LogP contribution in [-0.2, 0) is 0 Å². The first-order chi connectivity index (χ1) is 11.0. The number of hydrogen-bond acceptors (Lipinski definition) is 4. The lowest BCUT2D eigenvalue weighted by Crippen LogP contribution is -2.39. The van der Waals surface area contributed by atoms with E-state index in [4.69, 9.17) is 0 Å². The maximum atomic E-state index is 12.5. The molecule has 0 spiro atoms. The van der Waals surface area contributed by atoms with Gasteiger partial charge in [-0.3, -0.25) is 14.6 Å². The van der Waals surface area contributed by atoms with Crippen LogP contribution in [0.1, 0.15) is 40.6 Å². The highest BCUT2D eigenvalue weighted by molar-refractivity contribution is 5.98. The van der Waals surface area contributed by atoms with Gasteiger partial charge in [-0.2, -0.15) is 0 Å². The Labute approximate surface area is 137 Å². The molecule has 1 fully saturated rings.